The summed E-state index contributed by atoms with van der Waals surface area (Å²) in [6.45, 7) is 2.35. The fourth-order valence-electron chi connectivity index (χ4n) is 4.91. The third kappa shape index (κ3) is 8.15. The second-order valence-corrected chi connectivity index (χ2v) is 8.89. The number of hydrogen-bond acceptors (Lipinski definition) is 7. The van der Waals surface area contributed by atoms with E-state index in [1.54, 1.807) is 21.3 Å². The second-order valence-electron chi connectivity index (χ2n) is 8.89. The summed E-state index contributed by atoms with van der Waals surface area (Å²) in [5.41, 5.74) is 0.875. The predicted octanol–water partition coefficient (Wildman–Crippen LogP) is 2.83. The number of likely N-dealkylation sites (tertiary alicyclic amines) is 1. The molecule has 1 aromatic carbocycles. The van der Waals surface area contributed by atoms with Gasteiger partial charge in [-0.05, 0) is 56.5 Å². The molecule has 1 aliphatic carbocycles. The molecule has 36 heavy (non-hydrogen) atoms. The number of nitrogens with zero attached hydrogens (tertiary/aromatic N) is 2. The molecule has 0 unspecified atom stereocenters. The summed E-state index contributed by atoms with van der Waals surface area (Å²) in [7, 11) is 6.75. The second kappa shape index (κ2) is 14.3. The molecular weight excluding hydrogens is 468 g/mol. The van der Waals surface area contributed by atoms with Crippen LogP contribution >= 0.6 is 0 Å². The van der Waals surface area contributed by atoms with Crippen molar-refractivity contribution in [1.29, 1.82) is 0 Å². The highest BCUT2D eigenvalue weighted by Crippen LogP contribution is 2.38. The Hall–Kier alpha value is -3.27. The standard InChI is InChI=1S/C22H34N2O4.C4H4O4/c1-23(17-9-5-6-10-18(17)24-11-7-8-12-24)21(25)15-16-13-19(26-2)22(28-4)20(14-16)27-3;5-3(6)1-2-4(7)8/h13-14,17-18H,5-12,15H2,1-4H3;1-2H,(H,5,6)(H,7,8)/b;2-1+/t17-,18+;/m1./s1. The van der Waals surface area contributed by atoms with Crippen molar-refractivity contribution in [3.05, 3.63) is 29.8 Å². The van der Waals surface area contributed by atoms with Crippen LogP contribution in [0.5, 0.6) is 17.2 Å². The molecule has 2 fully saturated rings. The minimum absolute atomic E-state index is 0.144. The van der Waals surface area contributed by atoms with E-state index in [0.29, 0.717) is 47.9 Å². The molecular formula is C26H38N2O8. The van der Waals surface area contributed by atoms with Gasteiger partial charge in [-0.2, -0.15) is 0 Å². The Labute approximate surface area is 212 Å². The third-order valence-corrected chi connectivity index (χ3v) is 6.64. The zero-order chi connectivity index (χ0) is 26.7. The smallest absolute Gasteiger partial charge is 0.328 e. The first-order chi connectivity index (χ1) is 17.2. The third-order valence-electron chi connectivity index (χ3n) is 6.64. The topological polar surface area (TPSA) is 126 Å². The number of amides is 1. The van der Waals surface area contributed by atoms with Gasteiger partial charge in [0, 0.05) is 31.3 Å². The van der Waals surface area contributed by atoms with Crippen LogP contribution in [0.3, 0.4) is 0 Å². The highest BCUT2D eigenvalue weighted by molar-refractivity contribution is 5.89. The first-order valence-corrected chi connectivity index (χ1v) is 12.1. The number of aliphatic carboxylic acids is 2. The zero-order valence-corrected chi connectivity index (χ0v) is 21.6. The molecule has 1 saturated heterocycles. The molecule has 10 nitrogen and oxygen atoms in total. The Morgan fingerprint density at radius 2 is 1.44 bits per heavy atom. The van der Waals surface area contributed by atoms with Crippen molar-refractivity contribution in [1.82, 2.24) is 9.80 Å². The number of carboxylic acid groups (broad SMARTS) is 2. The number of hydrogen-bond donors (Lipinski definition) is 2. The Morgan fingerprint density at radius 3 is 1.92 bits per heavy atom. The maximum absolute atomic E-state index is 13.1. The summed E-state index contributed by atoms with van der Waals surface area (Å²) in [5, 5.41) is 15.6. The van der Waals surface area contributed by atoms with Gasteiger partial charge in [0.1, 0.15) is 0 Å². The summed E-state index contributed by atoms with van der Waals surface area (Å²) >= 11 is 0. The van der Waals surface area contributed by atoms with Gasteiger partial charge >= 0.3 is 11.9 Å². The maximum Gasteiger partial charge on any atom is 0.328 e. The van der Waals surface area contributed by atoms with Crippen LogP contribution in [0.25, 0.3) is 0 Å². The van der Waals surface area contributed by atoms with Gasteiger partial charge in [0.15, 0.2) is 11.5 Å². The number of likely N-dealkylation sites (N-methyl/N-ethyl adjacent to an activating group) is 1. The number of carboxylic acids is 2. The quantitative estimate of drug-likeness (QED) is 0.486. The van der Waals surface area contributed by atoms with Crippen LogP contribution in [0.1, 0.15) is 44.1 Å². The average molecular weight is 507 g/mol. The fourth-order valence-corrected chi connectivity index (χ4v) is 4.91. The molecule has 0 radical (unpaired) electrons. The van der Waals surface area contributed by atoms with E-state index in [2.05, 4.69) is 4.90 Å². The molecule has 1 aromatic rings. The van der Waals surface area contributed by atoms with Crippen LogP contribution in [0.2, 0.25) is 0 Å². The normalized spacial score (nSPS) is 19.8. The number of ether oxygens (including phenoxy) is 3. The molecule has 10 heteroatoms. The first kappa shape index (κ1) is 29.0. The molecule has 0 bridgehead atoms. The zero-order valence-electron chi connectivity index (χ0n) is 21.6. The Kier molecular flexibility index (Phi) is 11.5. The largest absolute Gasteiger partial charge is 0.493 e. The first-order valence-electron chi connectivity index (χ1n) is 12.1. The Balaban J connectivity index is 0.000000493. The highest BCUT2D eigenvalue weighted by atomic mass is 16.5. The Morgan fingerprint density at radius 1 is 0.917 bits per heavy atom. The van der Waals surface area contributed by atoms with Gasteiger partial charge in [-0.15, -0.1) is 0 Å². The van der Waals surface area contributed by atoms with E-state index in [1.807, 2.05) is 24.1 Å². The van der Waals surface area contributed by atoms with Crippen molar-refractivity contribution in [2.24, 2.45) is 0 Å². The number of rotatable bonds is 9. The van der Waals surface area contributed by atoms with Crippen LogP contribution in [-0.2, 0) is 20.8 Å². The molecule has 1 heterocycles. The van der Waals surface area contributed by atoms with Gasteiger partial charge in [-0.1, -0.05) is 12.8 Å². The lowest BCUT2D eigenvalue weighted by molar-refractivity contribution is -0.134. The lowest BCUT2D eigenvalue weighted by Crippen LogP contribution is -2.53. The lowest BCUT2D eigenvalue weighted by Gasteiger charge is -2.42. The maximum atomic E-state index is 13.1. The minimum atomic E-state index is -1.26. The summed E-state index contributed by atoms with van der Waals surface area (Å²) in [4.78, 5) is 36.8. The number of benzene rings is 1. The number of methoxy groups -OCH3 is 3. The van der Waals surface area contributed by atoms with E-state index in [4.69, 9.17) is 24.4 Å². The highest BCUT2D eigenvalue weighted by Gasteiger charge is 2.35. The van der Waals surface area contributed by atoms with E-state index in [1.165, 1.54) is 45.2 Å². The monoisotopic (exact) mass is 506 g/mol. The molecule has 200 valence electrons. The van der Waals surface area contributed by atoms with Crippen LogP contribution < -0.4 is 14.2 Å². The lowest BCUT2D eigenvalue weighted by atomic mass is 9.88. The van der Waals surface area contributed by atoms with Crippen molar-refractivity contribution in [3.63, 3.8) is 0 Å². The predicted molar refractivity (Wildman–Crippen MR) is 134 cm³/mol. The summed E-state index contributed by atoms with van der Waals surface area (Å²) in [6.07, 6.45) is 8.79. The summed E-state index contributed by atoms with van der Waals surface area (Å²) < 4.78 is 16.2. The van der Waals surface area contributed by atoms with Gasteiger partial charge in [0.25, 0.3) is 0 Å². The summed E-state index contributed by atoms with van der Waals surface area (Å²) in [6, 6.07) is 4.55. The Bertz CT molecular complexity index is 886. The van der Waals surface area contributed by atoms with Gasteiger partial charge in [0.05, 0.1) is 27.8 Å². The van der Waals surface area contributed by atoms with Crippen molar-refractivity contribution in [3.8, 4) is 17.2 Å². The molecule has 1 aliphatic heterocycles. The molecule has 0 aromatic heterocycles. The molecule has 1 amide bonds. The van der Waals surface area contributed by atoms with E-state index < -0.39 is 11.9 Å². The van der Waals surface area contributed by atoms with Gasteiger partial charge in [-0.3, -0.25) is 9.69 Å². The molecule has 0 spiro atoms. The SMILES string of the molecule is COc1cc(CC(=O)N(C)[C@@H]2CCCC[C@@H]2N2CCCC2)cc(OC)c1OC.O=C(O)/C=C/C(=O)O. The van der Waals surface area contributed by atoms with Crippen molar-refractivity contribution < 1.29 is 38.8 Å². The molecule has 2 N–H and O–H groups in total. The molecule has 3 rings (SSSR count). The number of carbonyl (C=O) groups is 3. The van der Waals surface area contributed by atoms with Crippen LogP contribution in [0.15, 0.2) is 24.3 Å². The minimum Gasteiger partial charge on any atom is -0.493 e. The molecule has 2 aliphatic rings. The van der Waals surface area contributed by atoms with Crippen LogP contribution in [-0.4, -0.2) is 91.4 Å². The van der Waals surface area contributed by atoms with Crippen molar-refractivity contribution >= 4 is 17.8 Å². The fraction of sp³-hybridized carbons (Fsp3) is 0.577. The van der Waals surface area contributed by atoms with E-state index in [-0.39, 0.29) is 5.91 Å². The van der Waals surface area contributed by atoms with E-state index in [9.17, 15) is 14.4 Å². The van der Waals surface area contributed by atoms with E-state index in [0.717, 1.165) is 12.0 Å². The van der Waals surface area contributed by atoms with Crippen LogP contribution in [0.4, 0.5) is 0 Å². The number of carbonyl (C=O) groups excluding carboxylic acids is 1. The van der Waals surface area contributed by atoms with Gasteiger partial charge in [-0.25, -0.2) is 9.59 Å². The van der Waals surface area contributed by atoms with Crippen molar-refractivity contribution in [2.75, 3.05) is 41.5 Å². The van der Waals surface area contributed by atoms with E-state index >= 15 is 0 Å². The molecule has 2 atom stereocenters. The van der Waals surface area contributed by atoms with Gasteiger partial charge < -0.3 is 29.3 Å². The average Bonchev–Trinajstić information content (AvgIpc) is 3.41. The van der Waals surface area contributed by atoms with Crippen molar-refractivity contribution in [2.45, 2.75) is 57.0 Å². The summed E-state index contributed by atoms with van der Waals surface area (Å²) in [5.74, 6) is -0.652. The molecule has 1 saturated carbocycles. The van der Waals surface area contributed by atoms with Gasteiger partial charge in [0.2, 0.25) is 11.7 Å². The van der Waals surface area contributed by atoms with Crippen LogP contribution in [0, 0.1) is 0 Å².